The SMILES string of the molecule is CCNC(Cc1ccccn1)c1ccc(C(C)(C)C)cc1. The first-order valence-electron chi connectivity index (χ1n) is 7.74. The maximum absolute atomic E-state index is 4.44. The predicted molar refractivity (Wildman–Crippen MR) is 89.5 cm³/mol. The average Bonchev–Trinajstić information content (AvgIpc) is 2.47. The molecular weight excluding hydrogens is 256 g/mol. The third kappa shape index (κ3) is 4.40. The lowest BCUT2D eigenvalue weighted by atomic mass is 9.86. The third-order valence-electron chi connectivity index (χ3n) is 3.77. The van der Waals surface area contributed by atoms with Crippen LogP contribution in [0.15, 0.2) is 48.7 Å². The molecular formula is C19H26N2. The van der Waals surface area contributed by atoms with Gasteiger partial charge in [-0.1, -0.05) is 58.0 Å². The van der Waals surface area contributed by atoms with E-state index in [0.717, 1.165) is 18.7 Å². The Morgan fingerprint density at radius 2 is 1.76 bits per heavy atom. The van der Waals surface area contributed by atoms with Crippen LogP contribution < -0.4 is 5.32 Å². The summed E-state index contributed by atoms with van der Waals surface area (Å²) in [6, 6.07) is 15.4. The van der Waals surface area contributed by atoms with Crippen molar-refractivity contribution in [1.29, 1.82) is 0 Å². The van der Waals surface area contributed by atoms with E-state index in [-0.39, 0.29) is 5.41 Å². The summed E-state index contributed by atoms with van der Waals surface area (Å²) in [6.45, 7) is 9.85. The van der Waals surface area contributed by atoms with Gasteiger partial charge in [-0.15, -0.1) is 0 Å². The number of nitrogens with one attached hydrogen (secondary N) is 1. The van der Waals surface area contributed by atoms with Gasteiger partial charge in [-0.25, -0.2) is 0 Å². The van der Waals surface area contributed by atoms with Crippen LogP contribution in [0.2, 0.25) is 0 Å². The number of hydrogen-bond donors (Lipinski definition) is 1. The molecule has 2 aromatic rings. The highest BCUT2D eigenvalue weighted by Crippen LogP contribution is 2.25. The van der Waals surface area contributed by atoms with Gasteiger partial charge in [0.2, 0.25) is 0 Å². The van der Waals surface area contributed by atoms with Crippen molar-refractivity contribution in [3.63, 3.8) is 0 Å². The van der Waals surface area contributed by atoms with Gasteiger partial charge in [0, 0.05) is 24.4 Å². The van der Waals surface area contributed by atoms with Crippen molar-refractivity contribution in [2.45, 2.75) is 45.6 Å². The van der Waals surface area contributed by atoms with E-state index in [1.807, 2.05) is 18.3 Å². The van der Waals surface area contributed by atoms with Crippen LogP contribution in [0.1, 0.15) is 50.6 Å². The molecule has 0 aliphatic rings. The molecule has 112 valence electrons. The van der Waals surface area contributed by atoms with Crippen LogP contribution in [-0.4, -0.2) is 11.5 Å². The third-order valence-corrected chi connectivity index (χ3v) is 3.77. The van der Waals surface area contributed by atoms with Crippen molar-refractivity contribution in [3.05, 3.63) is 65.5 Å². The molecule has 1 heterocycles. The van der Waals surface area contributed by atoms with Gasteiger partial charge in [0.25, 0.3) is 0 Å². The summed E-state index contributed by atoms with van der Waals surface area (Å²) in [6.07, 6.45) is 2.78. The maximum Gasteiger partial charge on any atom is 0.0422 e. The second-order valence-corrected chi connectivity index (χ2v) is 6.51. The number of aromatic nitrogens is 1. The van der Waals surface area contributed by atoms with Gasteiger partial charge in [0.1, 0.15) is 0 Å². The summed E-state index contributed by atoms with van der Waals surface area (Å²) in [7, 11) is 0. The Kier molecular flexibility index (Phi) is 5.13. The number of rotatable bonds is 5. The molecule has 1 aromatic carbocycles. The van der Waals surface area contributed by atoms with Gasteiger partial charge in [-0.3, -0.25) is 4.98 Å². The van der Waals surface area contributed by atoms with Crippen molar-refractivity contribution in [2.24, 2.45) is 0 Å². The Morgan fingerprint density at radius 1 is 1.05 bits per heavy atom. The Morgan fingerprint density at radius 3 is 2.29 bits per heavy atom. The summed E-state index contributed by atoms with van der Waals surface area (Å²) in [5.41, 5.74) is 4.03. The number of nitrogens with zero attached hydrogens (tertiary/aromatic N) is 1. The highest BCUT2D eigenvalue weighted by molar-refractivity contribution is 5.30. The molecule has 0 saturated carbocycles. The summed E-state index contributed by atoms with van der Waals surface area (Å²) in [5, 5.41) is 3.57. The Bertz CT molecular complexity index is 538. The lowest BCUT2D eigenvalue weighted by Gasteiger charge is -2.22. The molecule has 0 amide bonds. The van der Waals surface area contributed by atoms with Crippen molar-refractivity contribution < 1.29 is 0 Å². The summed E-state index contributed by atoms with van der Waals surface area (Å²) < 4.78 is 0. The minimum absolute atomic E-state index is 0.202. The van der Waals surface area contributed by atoms with E-state index in [0.29, 0.717) is 6.04 Å². The smallest absolute Gasteiger partial charge is 0.0422 e. The average molecular weight is 282 g/mol. The molecule has 1 N–H and O–H groups in total. The Balaban J connectivity index is 2.18. The monoisotopic (exact) mass is 282 g/mol. The molecule has 0 bridgehead atoms. The lowest BCUT2D eigenvalue weighted by molar-refractivity contribution is 0.542. The second-order valence-electron chi connectivity index (χ2n) is 6.51. The fourth-order valence-electron chi connectivity index (χ4n) is 2.50. The largest absolute Gasteiger partial charge is 0.310 e. The minimum Gasteiger partial charge on any atom is -0.310 e. The van der Waals surface area contributed by atoms with Crippen molar-refractivity contribution in [1.82, 2.24) is 10.3 Å². The quantitative estimate of drug-likeness (QED) is 0.885. The molecule has 0 aliphatic carbocycles. The first kappa shape index (κ1) is 15.7. The van der Waals surface area contributed by atoms with Crippen molar-refractivity contribution >= 4 is 0 Å². The molecule has 1 atom stereocenters. The normalized spacial score (nSPS) is 13.1. The first-order valence-corrected chi connectivity index (χ1v) is 7.74. The number of hydrogen-bond acceptors (Lipinski definition) is 2. The molecule has 1 unspecified atom stereocenters. The van der Waals surface area contributed by atoms with E-state index in [2.05, 4.69) is 68.3 Å². The second kappa shape index (κ2) is 6.86. The molecule has 0 saturated heterocycles. The molecule has 1 aromatic heterocycles. The number of benzene rings is 1. The van der Waals surface area contributed by atoms with E-state index in [4.69, 9.17) is 0 Å². The van der Waals surface area contributed by atoms with Gasteiger partial charge in [0.05, 0.1) is 0 Å². The van der Waals surface area contributed by atoms with Gasteiger partial charge in [-0.2, -0.15) is 0 Å². The van der Waals surface area contributed by atoms with Crippen molar-refractivity contribution in [2.75, 3.05) is 6.54 Å². The zero-order chi connectivity index (χ0) is 15.3. The van der Waals surface area contributed by atoms with Crippen LogP contribution in [0.3, 0.4) is 0 Å². The van der Waals surface area contributed by atoms with Crippen molar-refractivity contribution in [3.8, 4) is 0 Å². The maximum atomic E-state index is 4.44. The van der Waals surface area contributed by atoms with Crippen LogP contribution in [0.4, 0.5) is 0 Å². The van der Waals surface area contributed by atoms with E-state index in [1.54, 1.807) is 0 Å². The predicted octanol–water partition coefficient (Wildman–Crippen LogP) is 4.27. The lowest BCUT2D eigenvalue weighted by Crippen LogP contribution is -2.23. The highest BCUT2D eigenvalue weighted by atomic mass is 14.9. The van der Waals surface area contributed by atoms with E-state index in [1.165, 1.54) is 11.1 Å². The van der Waals surface area contributed by atoms with Crippen LogP contribution in [0.25, 0.3) is 0 Å². The fourth-order valence-corrected chi connectivity index (χ4v) is 2.50. The molecule has 2 rings (SSSR count). The minimum atomic E-state index is 0.202. The van der Waals surface area contributed by atoms with Crippen LogP contribution >= 0.6 is 0 Å². The molecule has 2 nitrogen and oxygen atoms in total. The van der Waals surface area contributed by atoms with Crippen LogP contribution in [0, 0.1) is 0 Å². The fraction of sp³-hybridized carbons (Fsp3) is 0.421. The van der Waals surface area contributed by atoms with Crippen LogP contribution in [0.5, 0.6) is 0 Å². The van der Waals surface area contributed by atoms with Gasteiger partial charge < -0.3 is 5.32 Å². The Labute approximate surface area is 128 Å². The van der Waals surface area contributed by atoms with E-state index >= 15 is 0 Å². The number of likely N-dealkylation sites (N-methyl/N-ethyl adjacent to an activating group) is 1. The standard InChI is InChI=1S/C19H26N2/c1-5-20-18(14-17-8-6-7-13-21-17)15-9-11-16(12-10-15)19(2,3)4/h6-13,18,20H,5,14H2,1-4H3. The van der Waals surface area contributed by atoms with E-state index in [9.17, 15) is 0 Å². The van der Waals surface area contributed by atoms with Crippen LogP contribution in [-0.2, 0) is 11.8 Å². The van der Waals surface area contributed by atoms with Gasteiger partial charge in [-0.05, 0) is 35.2 Å². The summed E-state index contributed by atoms with van der Waals surface area (Å²) in [5.74, 6) is 0. The molecule has 0 aliphatic heterocycles. The molecule has 2 heteroatoms. The van der Waals surface area contributed by atoms with E-state index < -0.39 is 0 Å². The zero-order valence-corrected chi connectivity index (χ0v) is 13.6. The highest BCUT2D eigenvalue weighted by Gasteiger charge is 2.16. The molecule has 0 fully saturated rings. The molecule has 0 spiro atoms. The van der Waals surface area contributed by atoms with Gasteiger partial charge >= 0.3 is 0 Å². The number of pyridine rings is 1. The first-order chi connectivity index (χ1) is 10.0. The van der Waals surface area contributed by atoms with Gasteiger partial charge in [0.15, 0.2) is 0 Å². The Hall–Kier alpha value is -1.67. The zero-order valence-electron chi connectivity index (χ0n) is 13.6. The molecule has 0 radical (unpaired) electrons. The molecule has 21 heavy (non-hydrogen) atoms. The summed E-state index contributed by atoms with van der Waals surface area (Å²) >= 11 is 0. The topological polar surface area (TPSA) is 24.9 Å². The summed E-state index contributed by atoms with van der Waals surface area (Å²) in [4.78, 5) is 4.44.